The third-order valence-corrected chi connectivity index (χ3v) is 6.15. The zero-order chi connectivity index (χ0) is 20.4. The average molecular weight is 369 g/mol. The van der Waals surface area contributed by atoms with Crippen LogP contribution in [0, 0.1) is 5.92 Å². The molecule has 0 spiro atoms. The molecule has 5 N–H and O–H groups in total. The standard InChI is InChI=1S/C19H35N5O2/c1-12-8-17(20-2)24-19(22-12)23-14-9-15(13-4-3-6-21-7-5-13)18-16(10-14)25-11-26-18/h5,12,14-24H,3-4,6-11H2,1-2H3/i2D3. The van der Waals surface area contributed by atoms with Crippen molar-refractivity contribution in [2.24, 2.45) is 5.92 Å². The maximum Gasteiger partial charge on any atom is 0.147 e. The summed E-state index contributed by atoms with van der Waals surface area (Å²) in [5.41, 5.74) is 1.49. The van der Waals surface area contributed by atoms with E-state index in [4.69, 9.17) is 13.6 Å². The fraction of sp³-hybridized carbons (Fsp3) is 0.895. The SMILES string of the molecule is [2H]C([2H])([2H])NC1CC(C)NC(NC2CC3OCOC3C(C3=CCNCCC3)C2)N1. The summed E-state index contributed by atoms with van der Waals surface area (Å²) in [4.78, 5) is 0. The second-order valence-corrected chi connectivity index (χ2v) is 8.08. The Balaban J connectivity index is 1.40. The lowest BCUT2D eigenvalue weighted by atomic mass is 9.76. The van der Waals surface area contributed by atoms with Crippen LogP contribution in [0.4, 0.5) is 0 Å². The van der Waals surface area contributed by atoms with E-state index in [2.05, 4.69) is 39.6 Å². The van der Waals surface area contributed by atoms with Gasteiger partial charge in [0.15, 0.2) is 0 Å². The van der Waals surface area contributed by atoms with Crippen molar-refractivity contribution in [1.29, 1.82) is 0 Å². The second kappa shape index (κ2) is 8.65. The maximum atomic E-state index is 7.49. The van der Waals surface area contributed by atoms with Crippen molar-refractivity contribution in [3.8, 4) is 0 Å². The van der Waals surface area contributed by atoms with E-state index in [0.717, 1.165) is 38.8 Å². The Morgan fingerprint density at radius 3 is 3.12 bits per heavy atom. The predicted molar refractivity (Wildman–Crippen MR) is 101 cm³/mol. The van der Waals surface area contributed by atoms with Gasteiger partial charge in [0.1, 0.15) is 13.1 Å². The molecular weight excluding hydrogens is 330 g/mol. The molecule has 1 aliphatic carbocycles. The van der Waals surface area contributed by atoms with Crippen LogP contribution >= 0.6 is 0 Å². The number of hydrogen-bond donors (Lipinski definition) is 5. The summed E-state index contributed by atoms with van der Waals surface area (Å²) in [5.74, 6) is 0.367. The minimum atomic E-state index is -2.16. The maximum absolute atomic E-state index is 7.49. The van der Waals surface area contributed by atoms with Crippen LogP contribution in [-0.4, -0.2) is 63.6 Å². The van der Waals surface area contributed by atoms with E-state index in [1.165, 1.54) is 5.57 Å². The summed E-state index contributed by atoms with van der Waals surface area (Å²) in [5, 5.41) is 16.7. The fourth-order valence-corrected chi connectivity index (χ4v) is 4.92. The van der Waals surface area contributed by atoms with E-state index < -0.39 is 6.98 Å². The molecule has 0 aromatic carbocycles. The smallest absolute Gasteiger partial charge is 0.147 e. The molecule has 26 heavy (non-hydrogen) atoms. The van der Waals surface area contributed by atoms with E-state index in [1.807, 2.05) is 0 Å². The first-order valence-electron chi connectivity index (χ1n) is 11.6. The molecule has 7 atom stereocenters. The molecule has 2 saturated heterocycles. The topological polar surface area (TPSA) is 78.6 Å². The van der Waals surface area contributed by atoms with Crippen LogP contribution in [0.3, 0.4) is 0 Å². The van der Waals surface area contributed by atoms with E-state index >= 15 is 0 Å². The van der Waals surface area contributed by atoms with Crippen molar-refractivity contribution in [2.75, 3.05) is 26.9 Å². The number of fused-ring (bicyclic) bond motifs is 1. The summed E-state index contributed by atoms with van der Waals surface area (Å²) >= 11 is 0. The molecule has 148 valence electrons. The Morgan fingerprint density at radius 2 is 2.19 bits per heavy atom. The van der Waals surface area contributed by atoms with Gasteiger partial charge in [-0.3, -0.25) is 16.0 Å². The van der Waals surface area contributed by atoms with Crippen LogP contribution in [0.5, 0.6) is 0 Å². The third-order valence-electron chi connectivity index (χ3n) is 6.15. The second-order valence-electron chi connectivity index (χ2n) is 8.08. The Morgan fingerprint density at radius 1 is 1.23 bits per heavy atom. The summed E-state index contributed by atoms with van der Waals surface area (Å²) in [6, 6.07) is 0.478. The van der Waals surface area contributed by atoms with Gasteiger partial charge in [-0.2, -0.15) is 0 Å². The van der Waals surface area contributed by atoms with Crippen molar-refractivity contribution < 1.29 is 13.6 Å². The highest BCUT2D eigenvalue weighted by Crippen LogP contribution is 2.39. The molecule has 7 nitrogen and oxygen atoms in total. The summed E-state index contributed by atoms with van der Waals surface area (Å²) in [6.07, 6.45) is 7.08. The van der Waals surface area contributed by atoms with Crippen molar-refractivity contribution >= 4 is 0 Å². The zero-order valence-corrected chi connectivity index (χ0v) is 15.6. The molecule has 4 aliphatic rings. The molecule has 3 fully saturated rings. The van der Waals surface area contributed by atoms with Gasteiger partial charge in [0.2, 0.25) is 0 Å². The van der Waals surface area contributed by atoms with Gasteiger partial charge in [-0.1, -0.05) is 11.6 Å². The molecule has 0 radical (unpaired) electrons. The van der Waals surface area contributed by atoms with Gasteiger partial charge < -0.3 is 20.1 Å². The average Bonchev–Trinajstić information content (AvgIpc) is 2.92. The Kier molecular flexibility index (Phi) is 5.12. The van der Waals surface area contributed by atoms with Crippen molar-refractivity contribution in [2.45, 2.75) is 75.8 Å². The fourth-order valence-electron chi connectivity index (χ4n) is 4.92. The molecule has 7 heteroatoms. The van der Waals surface area contributed by atoms with E-state index in [0.29, 0.717) is 19.1 Å². The minimum absolute atomic E-state index is 0.112. The lowest BCUT2D eigenvalue weighted by Crippen LogP contribution is -2.68. The van der Waals surface area contributed by atoms with Crippen LogP contribution in [0.15, 0.2) is 11.6 Å². The van der Waals surface area contributed by atoms with Crippen LogP contribution in [-0.2, 0) is 9.47 Å². The molecule has 0 aromatic heterocycles. The first kappa shape index (κ1) is 15.4. The largest absolute Gasteiger partial charge is 0.349 e. The highest BCUT2D eigenvalue weighted by molar-refractivity contribution is 5.15. The zero-order valence-electron chi connectivity index (χ0n) is 18.6. The first-order chi connectivity index (χ1) is 13.9. The lowest BCUT2D eigenvalue weighted by Gasteiger charge is -2.42. The molecule has 4 rings (SSSR count). The van der Waals surface area contributed by atoms with E-state index in [1.54, 1.807) is 0 Å². The number of nitrogens with one attached hydrogen (secondary N) is 5. The third kappa shape index (κ3) is 4.30. The summed E-state index contributed by atoms with van der Waals surface area (Å²) in [7, 11) is 0. The number of ether oxygens (including phenoxy) is 2. The van der Waals surface area contributed by atoms with E-state index in [9.17, 15) is 0 Å². The lowest BCUT2D eigenvalue weighted by molar-refractivity contribution is 0.0310. The highest BCUT2D eigenvalue weighted by atomic mass is 16.7. The molecule has 0 aromatic rings. The number of rotatable bonds is 4. The van der Waals surface area contributed by atoms with Gasteiger partial charge in [-0.05, 0) is 52.5 Å². The van der Waals surface area contributed by atoms with Gasteiger partial charge in [-0.15, -0.1) is 0 Å². The highest BCUT2D eigenvalue weighted by Gasteiger charge is 2.44. The van der Waals surface area contributed by atoms with Crippen molar-refractivity contribution in [1.82, 2.24) is 26.6 Å². The molecule has 7 unspecified atom stereocenters. The Hall–Kier alpha value is -0.540. The molecule has 3 heterocycles. The Labute approximate surface area is 161 Å². The summed E-state index contributed by atoms with van der Waals surface area (Å²) < 4.78 is 34.4. The van der Waals surface area contributed by atoms with Crippen LogP contribution in [0.1, 0.15) is 43.1 Å². The molecule has 3 aliphatic heterocycles. The molecular formula is C19H35N5O2. The predicted octanol–water partition coefficient (Wildman–Crippen LogP) is 0.206. The molecule has 0 bridgehead atoms. The van der Waals surface area contributed by atoms with Gasteiger partial charge in [0.25, 0.3) is 0 Å². The first-order valence-corrected chi connectivity index (χ1v) is 10.1. The van der Waals surface area contributed by atoms with Crippen LogP contribution in [0.2, 0.25) is 0 Å². The van der Waals surface area contributed by atoms with Crippen molar-refractivity contribution in [3.05, 3.63) is 11.6 Å². The van der Waals surface area contributed by atoms with Gasteiger partial charge in [0.05, 0.1) is 18.4 Å². The van der Waals surface area contributed by atoms with Gasteiger partial charge in [0, 0.05) is 28.7 Å². The summed E-state index contributed by atoms with van der Waals surface area (Å²) in [6.45, 7) is 2.29. The van der Waals surface area contributed by atoms with Crippen LogP contribution in [0.25, 0.3) is 0 Å². The number of hydrogen-bond acceptors (Lipinski definition) is 7. The van der Waals surface area contributed by atoms with Crippen LogP contribution < -0.4 is 26.6 Å². The quantitative estimate of drug-likeness (QED) is 0.454. The van der Waals surface area contributed by atoms with E-state index in [-0.39, 0.29) is 36.7 Å². The molecule has 0 amide bonds. The monoisotopic (exact) mass is 368 g/mol. The Bertz CT molecular complexity index is 591. The van der Waals surface area contributed by atoms with Gasteiger partial charge in [-0.25, -0.2) is 0 Å². The molecule has 1 saturated carbocycles. The minimum Gasteiger partial charge on any atom is -0.349 e. The van der Waals surface area contributed by atoms with Gasteiger partial charge >= 0.3 is 0 Å². The normalized spacial score (nSPS) is 46.4. The van der Waals surface area contributed by atoms with Crippen molar-refractivity contribution in [3.63, 3.8) is 0 Å².